The van der Waals surface area contributed by atoms with E-state index in [1.165, 1.54) is 0 Å². The van der Waals surface area contributed by atoms with Crippen molar-refractivity contribution in [2.24, 2.45) is 0 Å². The van der Waals surface area contributed by atoms with E-state index in [4.69, 9.17) is 9.47 Å². The molecule has 1 aliphatic rings. The molecule has 0 aliphatic carbocycles. The monoisotopic (exact) mass is 366 g/mol. The zero-order valence-electron chi connectivity index (χ0n) is 15.2. The molecule has 140 valence electrons. The molecule has 1 heterocycles. The minimum absolute atomic E-state index is 0.135. The second kappa shape index (κ2) is 9.00. The predicted octanol–water partition coefficient (Wildman–Crippen LogP) is 3.57. The fraction of sp³-hybridized carbons (Fsp3) is 0.238. The van der Waals surface area contributed by atoms with Crippen LogP contribution in [0.25, 0.3) is 0 Å². The molecule has 1 N–H and O–H groups in total. The molecule has 2 aromatic carbocycles. The Kier molecular flexibility index (Phi) is 6.22. The highest BCUT2D eigenvalue weighted by Crippen LogP contribution is 2.23. The number of nitrogens with zero attached hydrogens (tertiary/aromatic N) is 1. The van der Waals surface area contributed by atoms with E-state index in [-0.39, 0.29) is 19.1 Å². The van der Waals surface area contributed by atoms with Crippen molar-refractivity contribution < 1.29 is 19.1 Å². The van der Waals surface area contributed by atoms with Gasteiger partial charge in [-0.05, 0) is 24.1 Å². The third-order valence-corrected chi connectivity index (χ3v) is 4.24. The summed E-state index contributed by atoms with van der Waals surface area (Å²) < 4.78 is 10.5. The predicted molar refractivity (Wildman–Crippen MR) is 102 cm³/mol. The summed E-state index contributed by atoms with van der Waals surface area (Å²) in [6.07, 6.45) is -0.173. The van der Waals surface area contributed by atoms with Gasteiger partial charge in [0.2, 0.25) is 0 Å². The number of benzene rings is 2. The first-order valence-electron chi connectivity index (χ1n) is 8.74. The summed E-state index contributed by atoms with van der Waals surface area (Å²) in [6, 6.07) is 18.9. The lowest BCUT2D eigenvalue weighted by molar-refractivity contribution is -0.123. The Morgan fingerprint density at radius 1 is 1.07 bits per heavy atom. The number of rotatable bonds is 6. The van der Waals surface area contributed by atoms with Crippen molar-refractivity contribution >= 4 is 17.7 Å². The third kappa shape index (κ3) is 4.74. The number of hydrogen-bond donors (Lipinski definition) is 1. The van der Waals surface area contributed by atoms with Crippen molar-refractivity contribution in [3.63, 3.8) is 0 Å². The summed E-state index contributed by atoms with van der Waals surface area (Å²) >= 11 is 0. The van der Waals surface area contributed by atoms with Crippen LogP contribution in [0.3, 0.4) is 0 Å². The number of carbonyl (C=O) groups excluding carboxylic acids is 2. The second-order valence-electron chi connectivity index (χ2n) is 6.13. The SMILES string of the molecule is COC/C(Nc1ccccc1)=C1\CCN(C(=O)OCc2ccccc2)C1=O. The van der Waals surface area contributed by atoms with Gasteiger partial charge in [-0.25, -0.2) is 9.69 Å². The van der Waals surface area contributed by atoms with E-state index in [2.05, 4.69) is 5.32 Å². The molecule has 0 spiro atoms. The van der Waals surface area contributed by atoms with Gasteiger partial charge in [0.05, 0.1) is 12.3 Å². The van der Waals surface area contributed by atoms with E-state index >= 15 is 0 Å². The van der Waals surface area contributed by atoms with Crippen LogP contribution in [0.5, 0.6) is 0 Å². The maximum atomic E-state index is 12.7. The minimum atomic E-state index is -0.629. The van der Waals surface area contributed by atoms with Crippen molar-refractivity contribution in [3.05, 3.63) is 77.5 Å². The fourth-order valence-electron chi connectivity index (χ4n) is 2.89. The summed E-state index contributed by atoms with van der Waals surface area (Å²) in [5, 5.41) is 3.22. The van der Waals surface area contributed by atoms with Crippen LogP contribution in [-0.4, -0.2) is 37.2 Å². The normalized spacial score (nSPS) is 15.6. The fourth-order valence-corrected chi connectivity index (χ4v) is 2.89. The molecule has 0 aromatic heterocycles. The van der Waals surface area contributed by atoms with E-state index in [1.807, 2.05) is 60.7 Å². The zero-order chi connectivity index (χ0) is 19.1. The van der Waals surface area contributed by atoms with Crippen molar-refractivity contribution in [2.75, 3.05) is 25.6 Å². The first-order chi connectivity index (χ1) is 13.2. The molecular formula is C21H22N2O4. The molecule has 1 saturated heterocycles. The Balaban J connectivity index is 1.69. The molecule has 3 rings (SSSR count). The third-order valence-electron chi connectivity index (χ3n) is 4.24. The summed E-state index contributed by atoms with van der Waals surface area (Å²) in [6.45, 7) is 0.685. The summed E-state index contributed by atoms with van der Waals surface area (Å²) in [7, 11) is 1.57. The van der Waals surface area contributed by atoms with Crippen LogP contribution in [-0.2, 0) is 20.9 Å². The van der Waals surface area contributed by atoms with Crippen LogP contribution in [0.4, 0.5) is 10.5 Å². The number of ether oxygens (including phenoxy) is 2. The van der Waals surface area contributed by atoms with Crippen LogP contribution in [0.15, 0.2) is 71.9 Å². The molecule has 0 radical (unpaired) electrons. The maximum absolute atomic E-state index is 12.7. The van der Waals surface area contributed by atoms with Gasteiger partial charge in [0.15, 0.2) is 0 Å². The zero-order valence-corrected chi connectivity index (χ0v) is 15.2. The van der Waals surface area contributed by atoms with Crippen molar-refractivity contribution in [2.45, 2.75) is 13.0 Å². The lowest BCUT2D eigenvalue weighted by atomic mass is 10.1. The lowest BCUT2D eigenvalue weighted by Crippen LogP contribution is -2.33. The van der Waals surface area contributed by atoms with Gasteiger partial charge in [-0.3, -0.25) is 4.79 Å². The highest BCUT2D eigenvalue weighted by molar-refractivity contribution is 6.05. The number of hydrogen-bond acceptors (Lipinski definition) is 5. The van der Waals surface area contributed by atoms with Gasteiger partial charge in [0.25, 0.3) is 5.91 Å². The smallest absolute Gasteiger partial charge is 0.417 e. The van der Waals surface area contributed by atoms with Gasteiger partial charge in [0.1, 0.15) is 6.61 Å². The van der Waals surface area contributed by atoms with Gasteiger partial charge >= 0.3 is 6.09 Å². The van der Waals surface area contributed by atoms with Crippen LogP contribution < -0.4 is 5.32 Å². The number of carbonyl (C=O) groups is 2. The van der Waals surface area contributed by atoms with E-state index in [1.54, 1.807) is 7.11 Å². The maximum Gasteiger partial charge on any atom is 0.417 e. The number of amides is 2. The van der Waals surface area contributed by atoms with E-state index < -0.39 is 6.09 Å². The molecule has 0 unspecified atom stereocenters. The average Bonchev–Trinajstić information content (AvgIpc) is 3.09. The number of nitrogens with one attached hydrogen (secondary N) is 1. The van der Waals surface area contributed by atoms with E-state index in [9.17, 15) is 9.59 Å². The van der Waals surface area contributed by atoms with E-state index in [0.717, 1.165) is 16.2 Å². The highest BCUT2D eigenvalue weighted by Gasteiger charge is 2.34. The number of methoxy groups -OCH3 is 1. The number of anilines is 1. The number of para-hydroxylation sites is 1. The van der Waals surface area contributed by atoms with Gasteiger partial charge in [0, 0.05) is 24.9 Å². The molecule has 0 bridgehead atoms. The van der Waals surface area contributed by atoms with Crippen LogP contribution in [0.1, 0.15) is 12.0 Å². The molecule has 1 fully saturated rings. The lowest BCUT2D eigenvalue weighted by Gasteiger charge is -2.15. The first-order valence-corrected chi connectivity index (χ1v) is 8.74. The van der Waals surface area contributed by atoms with Crippen molar-refractivity contribution in [1.82, 2.24) is 4.90 Å². The second-order valence-corrected chi connectivity index (χ2v) is 6.13. The summed E-state index contributed by atoms with van der Waals surface area (Å²) in [5.41, 5.74) is 2.93. The largest absolute Gasteiger partial charge is 0.444 e. The Labute approximate surface area is 158 Å². The quantitative estimate of drug-likeness (QED) is 0.792. The van der Waals surface area contributed by atoms with Crippen LogP contribution in [0, 0.1) is 0 Å². The Bertz CT molecular complexity index is 819. The number of imide groups is 1. The van der Waals surface area contributed by atoms with Crippen molar-refractivity contribution in [3.8, 4) is 0 Å². The highest BCUT2D eigenvalue weighted by atomic mass is 16.6. The minimum Gasteiger partial charge on any atom is -0.444 e. The molecule has 0 atom stereocenters. The average molecular weight is 366 g/mol. The van der Waals surface area contributed by atoms with Crippen molar-refractivity contribution in [1.29, 1.82) is 0 Å². The first kappa shape index (κ1) is 18.7. The Morgan fingerprint density at radius 2 is 1.74 bits per heavy atom. The molecule has 6 nitrogen and oxygen atoms in total. The Morgan fingerprint density at radius 3 is 2.41 bits per heavy atom. The van der Waals surface area contributed by atoms with Gasteiger partial charge in [-0.15, -0.1) is 0 Å². The Hall–Kier alpha value is -3.12. The molecular weight excluding hydrogens is 344 g/mol. The van der Waals surface area contributed by atoms with Crippen LogP contribution >= 0.6 is 0 Å². The van der Waals surface area contributed by atoms with E-state index in [0.29, 0.717) is 24.2 Å². The molecule has 1 aliphatic heterocycles. The summed E-state index contributed by atoms with van der Waals surface area (Å²) in [5.74, 6) is -0.344. The topological polar surface area (TPSA) is 67.9 Å². The molecule has 27 heavy (non-hydrogen) atoms. The molecule has 6 heteroatoms. The summed E-state index contributed by atoms with van der Waals surface area (Å²) in [4.78, 5) is 26.2. The molecule has 2 amide bonds. The number of likely N-dealkylation sites (tertiary alicyclic amines) is 1. The van der Waals surface area contributed by atoms with Gasteiger partial charge in [-0.2, -0.15) is 0 Å². The standard InChI is InChI=1S/C21H22N2O4/c1-26-15-19(22-17-10-6-3-7-11-17)18-12-13-23(20(18)24)21(25)27-14-16-8-4-2-5-9-16/h2-11,22H,12-15H2,1H3/b19-18-. The van der Waals surface area contributed by atoms with Gasteiger partial charge < -0.3 is 14.8 Å². The molecule has 2 aromatic rings. The van der Waals surface area contributed by atoms with Gasteiger partial charge in [-0.1, -0.05) is 48.5 Å². The molecule has 0 saturated carbocycles. The van der Waals surface area contributed by atoms with Crippen LogP contribution in [0.2, 0.25) is 0 Å².